The molecule has 4 heterocycles. The number of fused-ring (bicyclic) bond motifs is 1. The zero-order valence-corrected chi connectivity index (χ0v) is 24.9. The minimum atomic E-state index is -0.545. The third-order valence-electron chi connectivity index (χ3n) is 8.40. The Bertz CT molecular complexity index is 1240. The number of likely N-dealkylation sites (tertiary alicyclic amines) is 1. The zero-order valence-electron chi connectivity index (χ0n) is 23.3. The van der Waals surface area contributed by atoms with Crippen LogP contribution in [0.1, 0.15) is 36.8 Å². The van der Waals surface area contributed by atoms with Crippen LogP contribution in [0.25, 0.3) is 10.9 Å². The van der Waals surface area contributed by atoms with Crippen LogP contribution in [0.15, 0.2) is 46.1 Å². The number of hydrogen-bond donors (Lipinski definition) is 2. The van der Waals surface area contributed by atoms with Crippen LogP contribution in [0.4, 0.5) is 0 Å². The van der Waals surface area contributed by atoms with E-state index < -0.39 is 5.41 Å². The number of thiophene rings is 1. The van der Waals surface area contributed by atoms with Crippen molar-refractivity contribution in [3.63, 3.8) is 0 Å². The van der Waals surface area contributed by atoms with Gasteiger partial charge >= 0.3 is 0 Å². The lowest BCUT2D eigenvalue weighted by Crippen LogP contribution is -2.48. The number of pyridine rings is 1. The molecule has 2 aromatic heterocycles. The van der Waals surface area contributed by atoms with Crippen molar-refractivity contribution < 1.29 is 19.5 Å². The lowest BCUT2D eigenvalue weighted by molar-refractivity contribution is -0.143. The van der Waals surface area contributed by atoms with Gasteiger partial charge in [0.25, 0.3) is 0 Å². The fourth-order valence-corrected chi connectivity index (χ4v) is 7.83. The van der Waals surface area contributed by atoms with Crippen LogP contribution in [0.2, 0.25) is 0 Å². The van der Waals surface area contributed by atoms with Crippen LogP contribution >= 0.6 is 23.1 Å². The van der Waals surface area contributed by atoms with Gasteiger partial charge in [-0.05, 0) is 86.0 Å². The van der Waals surface area contributed by atoms with Gasteiger partial charge in [-0.2, -0.15) is 0 Å². The highest BCUT2D eigenvalue weighted by atomic mass is 32.2. The number of benzene rings is 1. The summed E-state index contributed by atoms with van der Waals surface area (Å²) in [5.74, 6) is 1.62. The highest BCUT2D eigenvalue weighted by Crippen LogP contribution is 2.38. The molecule has 0 atom stereocenters. The zero-order chi connectivity index (χ0) is 27.8. The van der Waals surface area contributed by atoms with Gasteiger partial charge in [0.15, 0.2) is 0 Å². The van der Waals surface area contributed by atoms with Crippen LogP contribution in [0, 0.1) is 5.41 Å². The number of morpholine rings is 1. The second-order valence-corrected chi connectivity index (χ2v) is 13.1. The summed E-state index contributed by atoms with van der Waals surface area (Å²) in [6.45, 7) is 6.93. The molecule has 0 spiro atoms. The van der Waals surface area contributed by atoms with Gasteiger partial charge < -0.3 is 14.4 Å². The molecule has 0 saturated carbocycles. The van der Waals surface area contributed by atoms with Gasteiger partial charge in [-0.15, -0.1) is 23.1 Å². The summed E-state index contributed by atoms with van der Waals surface area (Å²) in [6, 6.07) is 10.3. The minimum absolute atomic E-state index is 0.241. The highest BCUT2D eigenvalue weighted by Gasteiger charge is 2.40. The van der Waals surface area contributed by atoms with Crippen LogP contribution in [0.3, 0.4) is 0 Å². The molecule has 0 unspecified atom stereocenters. The van der Waals surface area contributed by atoms with Crippen molar-refractivity contribution in [3.8, 4) is 5.75 Å². The summed E-state index contributed by atoms with van der Waals surface area (Å²) >= 11 is 3.67. The number of ether oxygens (including phenoxy) is 2. The number of thioether (sulfide) groups is 1. The fourth-order valence-electron chi connectivity index (χ4n) is 5.96. The van der Waals surface area contributed by atoms with Crippen LogP contribution in [-0.4, -0.2) is 84.7 Å². The van der Waals surface area contributed by atoms with Crippen molar-refractivity contribution in [1.29, 1.82) is 0 Å². The SMILES string of the molecule is COc1ccc2ncc(CN3CCOCC3)c(CCCC3(C(=O)NO)CCN(CCSc4cccs4)CC3)c2c1. The van der Waals surface area contributed by atoms with Gasteiger partial charge in [-0.1, -0.05) is 6.07 Å². The Labute approximate surface area is 245 Å². The Balaban J connectivity index is 1.26. The minimum Gasteiger partial charge on any atom is -0.497 e. The third kappa shape index (κ3) is 7.16. The van der Waals surface area contributed by atoms with Crippen molar-refractivity contribution in [2.45, 2.75) is 42.9 Å². The van der Waals surface area contributed by atoms with Crippen molar-refractivity contribution in [2.24, 2.45) is 5.41 Å². The number of hydroxylamine groups is 1. The Hall–Kier alpha value is -2.21. The molecule has 0 bridgehead atoms. The first-order valence-corrected chi connectivity index (χ1v) is 16.0. The van der Waals surface area contributed by atoms with E-state index >= 15 is 0 Å². The van der Waals surface area contributed by atoms with E-state index in [1.807, 2.05) is 35.6 Å². The van der Waals surface area contributed by atoms with Gasteiger partial charge in [-0.3, -0.25) is 19.9 Å². The molecule has 2 fully saturated rings. The van der Waals surface area contributed by atoms with Crippen molar-refractivity contribution in [3.05, 3.63) is 53.0 Å². The van der Waals surface area contributed by atoms with Crippen molar-refractivity contribution in [1.82, 2.24) is 20.3 Å². The summed E-state index contributed by atoms with van der Waals surface area (Å²) in [5.41, 5.74) is 4.92. The molecule has 5 rings (SSSR count). The molecule has 0 radical (unpaired) electrons. The quantitative estimate of drug-likeness (QED) is 0.178. The van der Waals surface area contributed by atoms with E-state index in [1.54, 1.807) is 18.4 Å². The average Bonchev–Trinajstić information content (AvgIpc) is 3.52. The largest absolute Gasteiger partial charge is 0.497 e. The average molecular weight is 585 g/mol. The fraction of sp³-hybridized carbons (Fsp3) is 0.533. The van der Waals surface area contributed by atoms with E-state index in [-0.39, 0.29) is 5.91 Å². The van der Waals surface area contributed by atoms with E-state index in [0.717, 1.165) is 107 Å². The molecule has 3 aromatic rings. The predicted molar refractivity (Wildman–Crippen MR) is 160 cm³/mol. The summed E-state index contributed by atoms with van der Waals surface area (Å²) in [6.07, 6.45) is 5.97. The molecule has 10 heteroatoms. The summed E-state index contributed by atoms with van der Waals surface area (Å²) in [7, 11) is 1.69. The molecule has 1 aromatic carbocycles. The van der Waals surface area contributed by atoms with Gasteiger partial charge in [0.2, 0.25) is 5.91 Å². The molecule has 0 aliphatic carbocycles. The van der Waals surface area contributed by atoms with Crippen LogP contribution < -0.4 is 10.2 Å². The number of aromatic nitrogens is 1. The Morgan fingerprint density at radius 3 is 2.75 bits per heavy atom. The number of carbonyl (C=O) groups is 1. The molecule has 1 amide bonds. The predicted octanol–water partition coefficient (Wildman–Crippen LogP) is 4.84. The number of nitrogens with one attached hydrogen (secondary N) is 1. The Morgan fingerprint density at radius 1 is 1.20 bits per heavy atom. The van der Waals surface area contributed by atoms with Gasteiger partial charge in [0, 0.05) is 43.5 Å². The number of methoxy groups -OCH3 is 1. The maximum absolute atomic E-state index is 13.0. The number of piperidine rings is 1. The van der Waals surface area contributed by atoms with Gasteiger partial charge in [0.05, 0.1) is 35.5 Å². The summed E-state index contributed by atoms with van der Waals surface area (Å²) in [5, 5.41) is 12.9. The molecular formula is C30H40N4O4S2. The van der Waals surface area contributed by atoms with E-state index in [1.165, 1.54) is 15.3 Å². The summed E-state index contributed by atoms with van der Waals surface area (Å²) < 4.78 is 12.4. The van der Waals surface area contributed by atoms with Crippen molar-refractivity contribution in [2.75, 3.05) is 58.8 Å². The monoisotopic (exact) mass is 584 g/mol. The molecule has 216 valence electrons. The Kier molecular flexibility index (Phi) is 10.3. The smallest absolute Gasteiger partial charge is 0.249 e. The number of hydrogen-bond acceptors (Lipinski definition) is 9. The first-order chi connectivity index (χ1) is 19.6. The molecule has 40 heavy (non-hydrogen) atoms. The number of carbonyl (C=O) groups excluding carboxylic acids is 1. The number of rotatable bonds is 12. The third-order valence-corrected chi connectivity index (χ3v) is 10.5. The van der Waals surface area contributed by atoms with Crippen LogP contribution in [0.5, 0.6) is 5.75 Å². The van der Waals surface area contributed by atoms with Gasteiger partial charge in [-0.25, -0.2) is 5.48 Å². The van der Waals surface area contributed by atoms with Crippen LogP contribution in [-0.2, 0) is 22.5 Å². The number of aryl methyl sites for hydroxylation is 1. The topological polar surface area (TPSA) is 87.2 Å². The van der Waals surface area contributed by atoms with Crippen molar-refractivity contribution >= 4 is 39.9 Å². The summed E-state index contributed by atoms with van der Waals surface area (Å²) in [4.78, 5) is 22.6. The van der Waals surface area contributed by atoms with Gasteiger partial charge in [0.1, 0.15) is 5.75 Å². The standard InChI is InChI=1S/C30H40N4O4S2/c1-37-24-6-7-27-26(20-24)25(23(21-31-27)22-34-13-16-38-17-14-34)4-2-8-30(29(35)32-36)9-11-33(12-10-30)15-19-40-28-5-3-18-39-28/h3,5-7,18,20-21,36H,2,4,8-17,19,22H2,1H3,(H,32,35). The van der Waals surface area contributed by atoms with E-state index in [2.05, 4.69) is 33.4 Å². The second kappa shape index (κ2) is 14.1. The number of nitrogens with zero attached hydrogens (tertiary/aromatic N) is 3. The second-order valence-electron chi connectivity index (χ2n) is 10.7. The maximum atomic E-state index is 13.0. The maximum Gasteiger partial charge on any atom is 0.249 e. The molecule has 2 saturated heterocycles. The lowest BCUT2D eigenvalue weighted by atomic mass is 9.73. The lowest BCUT2D eigenvalue weighted by Gasteiger charge is -2.40. The highest BCUT2D eigenvalue weighted by molar-refractivity contribution is 8.01. The normalized spacial score (nSPS) is 18.1. The molecular weight excluding hydrogens is 544 g/mol. The van der Waals surface area contributed by atoms with E-state index in [4.69, 9.17) is 14.5 Å². The Morgan fingerprint density at radius 2 is 2.02 bits per heavy atom. The van der Waals surface area contributed by atoms with E-state index in [9.17, 15) is 10.0 Å². The first kappa shape index (κ1) is 29.3. The molecule has 8 nitrogen and oxygen atoms in total. The van der Waals surface area contributed by atoms with E-state index in [0.29, 0.717) is 0 Å². The first-order valence-electron chi connectivity index (χ1n) is 14.2. The molecule has 2 aliphatic rings. The number of amides is 1. The molecule has 2 N–H and O–H groups in total. The molecule has 2 aliphatic heterocycles.